The third kappa shape index (κ3) is 3.05. The molecular weight excluding hydrogens is 353 g/mol. The normalized spacial score (nSPS) is 26.7. The fraction of sp³-hybridized carbons (Fsp3) is 0.632. The Kier molecular flexibility index (Phi) is 4.52. The third-order valence-corrected chi connectivity index (χ3v) is 5.80. The molecule has 1 aromatic rings. The van der Waals surface area contributed by atoms with E-state index in [9.17, 15) is 9.18 Å². The predicted octanol–water partition coefficient (Wildman–Crippen LogP) is 2.09. The van der Waals surface area contributed by atoms with E-state index in [1.165, 1.54) is 11.0 Å². The quantitative estimate of drug-likeness (QED) is 0.867. The molecule has 0 radical (unpaired) electrons. The number of anilines is 2. The molecule has 3 saturated heterocycles. The average Bonchev–Trinajstić information content (AvgIpc) is 3.25. The molecule has 7 nitrogen and oxygen atoms in total. The number of nitrogens with two attached hydrogens (primary N) is 1. The Morgan fingerprint density at radius 3 is 2.63 bits per heavy atom. The molecule has 0 bridgehead atoms. The fourth-order valence-corrected chi connectivity index (χ4v) is 4.27. The summed E-state index contributed by atoms with van der Waals surface area (Å²) < 4.78 is 31.9. The Morgan fingerprint density at radius 2 is 2.04 bits per heavy atom. The van der Waals surface area contributed by atoms with E-state index in [1.54, 1.807) is 12.1 Å². The van der Waals surface area contributed by atoms with Crippen LogP contribution in [0.3, 0.4) is 0 Å². The van der Waals surface area contributed by atoms with Crippen molar-refractivity contribution in [2.24, 2.45) is 11.1 Å². The highest BCUT2D eigenvalue weighted by molar-refractivity contribution is 5.90. The van der Waals surface area contributed by atoms with Crippen molar-refractivity contribution in [2.75, 3.05) is 49.2 Å². The van der Waals surface area contributed by atoms with Gasteiger partial charge in [-0.3, -0.25) is 4.90 Å². The summed E-state index contributed by atoms with van der Waals surface area (Å²) in [6.07, 6.45) is -0.169. The molecule has 0 saturated carbocycles. The Bertz CT molecular complexity index is 736. The smallest absolute Gasteiger partial charge is 0.414 e. The zero-order valence-electron chi connectivity index (χ0n) is 15.7. The van der Waals surface area contributed by atoms with E-state index in [4.69, 9.17) is 19.9 Å². The molecule has 3 aliphatic rings. The maximum atomic E-state index is 14.9. The largest absolute Gasteiger partial charge is 0.443 e. The van der Waals surface area contributed by atoms with Crippen LogP contribution in [0.1, 0.15) is 20.3 Å². The highest BCUT2D eigenvalue weighted by Gasteiger charge is 2.53. The molecule has 148 valence electrons. The second-order valence-corrected chi connectivity index (χ2v) is 7.99. The average molecular weight is 379 g/mol. The molecule has 27 heavy (non-hydrogen) atoms. The Morgan fingerprint density at radius 1 is 1.30 bits per heavy atom. The van der Waals surface area contributed by atoms with E-state index in [0.29, 0.717) is 50.6 Å². The maximum Gasteiger partial charge on any atom is 0.414 e. The van der Waals surface area contributed by atoms with Gasteiger partial charge in [0.25, 0.3) is 0 Å². The highest BCUT2D eigenvalue weighted by atomic mass is 19.1. The predicted molar refractivity (Wildman–Crippen MR) is 98.3 cm³/mol. The van der Waals surface area contributed by atoms with Crippen LogP contribution in [0.15, 0.2) is 18.2 Å². The minimum atomic E-state index is -0.587. The number of piperidine rings is 1. The lowest BCUT2D eigenvalue weighted by Crippen LogP contribution is -2.58. The summed E-state index contributed by atoms with van der Waals surface area (Å²) in [5.41, 5.74) is 6.27. The van der Waals surface area contributed by atoms with Crippen molar-refractivity contribution in [2.45, 2.75) is 32.2 Å². The summed E-state index contributed by atoms with van der Waals surface area (Å²) in [4.78, 5) is 15.4. The van der Waals surface area contributed by atoms with E-state index in [-0.39, 0.29) is 23.9 Å². The van der Waals surface area contributed by atoms with E-state index >= 15 is 0 Å². The molecule has 1 amide bonds. The molecule has 1 unspecified atom stereocenters. The van der Waals surface area contributed by atoms with Gasteiger partial charge in [-0.1, -0.05) is 13.8 Å². The van der Waals surface area contributed by atoms with Crippen molar-refractivity contribution < 1.29 is 23.4 Å². The van der Waals surface area contributed by atoms with Crippen molar-refractivity contribution in [3.63, 3.8) is 0 Å². The summed E-state index contributed by atoms with van der Waals surface area (Å²) in [6.45, 7) is 7.21. The highest BCUT2D eigenvalue weighted by Crippen LogP contribution is 2.46. The standard InChI is InChI=1S/C19H26FN3O4/c1-18(2)12-22(6-5-19(18)25-7-8-26-19)16-4-3-13(9-15(16)20)23-11-14(10-21)27-17(23)24/h3-4,9,14H,5-8,10-12,21H2,1-2H3. The van der Waals surface area contributed by atoms with Gasteiger partial charge in [0.2, 0.25) is 0 Å². The van der Waals surface area contributed by atoms with Gasteiger partial charge >= 0.3 is 6.09 Å². The van der Waals surface area contributed by atoms with Gasteiger partial charge in [-0.15, -0.1) is 0 Å². The number of carbonyl (C=O) groups excluding carboxylic acids is 1. The SMILES string of the molecule is CC1(C)CN(c2ccc(N3CC(CN)OC3=O)cc2F)CCC12OCCO2. The second-order valence-electron chi connectivity index (χ2n) is 7.99. The van der Waals surface area contributed by atoms with Crippen LogP contribution in [0.5, 0.6) is 0 Å². The molecule has 3 heterocycles. The van der Waals surface area contributed by atoms with Gasteiger partial charge in [-0.05, 0) is 18.2 Å². The number of cyclic esters (lactones) is 1. The molecule has 1 atom stereocenters. The van der Waals surface area contributed by atoms with Crippen LogP contribution >= 0.6 is 0 Å². The molecule has 0 aliphatic carbocycles. The van der Waals surface area contributed by atoms with E-state index in [2.05, 4.69) is 13.8 Å². The first-order valence-corrected chi connectivity index (χ1v) is 9.36. The third-order valence-electron chi connectivity index (χ3n) is 5.80. The lowest BCUT2D eigenvalue weighted by Gasteiger charge is -2.50. The minimum Gasteiger partial charge on any atom is -0.443 e. The van der Waals surface area contributed by atoms with Crippen molar-refractivity contribution in [1.29, 1.82) is 0 Å². The van der Waals surface area contributed by atoms with Crippen molar-refractivity contribution in [1.82, 2.24) is 0 Å². The number of amides is 1. The lowest BCUT2D eigenvalue weighted by atomic mass is 9.77. The monoisotopic (exact) mass is 379 g/mol. The molecular formula is C19H26FN3O4. The summed E-state index contributed by atoms with van der Waals surface area (Å²) in [6, 6.07) is 4.85. The van der Waals surface area contributed by atoms with Gasteiger partial charge < -0.3 is 24.8 Å². The van der Waals surface area contributed by atoms with E-state index < -0.39 is 11.9 Å². The van der Waals surface area contributed by atoms with Crippen molar-refractivity contribution >= 4 is 17.5 Å². The van der Waals surface area contributed by atoms with E-state index in [0.717, 1.165) is 0 Å². The minimum absolute atomic E-state index is 0.248. The molecule has 3 aliphatic heterocycles. The van der Waals surface area contributed by atoms with Gasteiger partial charge in [0.05, 0.1) is 31.1 Å². The van der Waals surface area contributed by atoms with Crippen LogP contribution in [-0.2, 0) is 14.2 Å². The number of nitrogens with zero attached hydrogens (tertiary/aromatic N) is 2. The second kappa shape index (κ2) is 6.61. The number of carbonyl (C=O) groups is 1. The topological polar surface area (TPSA) is 77.3 Å². The molecule has 3 fully saturated rings. The number of halogens is 1. The van der Waals surface area contributed by atoms with Crippen molar-refractivity contribution in [3.05, 3.63) is 24.0 Å². The van der Waals surface area contributed by atoms with Crippen LogP contribution < -0.4 is 15.5 Å². The van der Waals surface area contributed by atoms with Crippen molar-refractivity contribution in [3.8, 4) is 0 Å². The van der Waals surface area contributed by atoms with Gasteiger partial charge in [-0.25, -0.2) is 9.18 Å². The van der Waals surface area contributed by atoms with Gasteiger partial charge in [-0.2, -0.15) is 0 Å². The van der Waals surface area contributed by atoms with E-state index in [1.807, 2.05) is 4.90 Å². The number of rotatable bonds is 3. The first-order valence-electron chi connectivity index (χ1n) is 9.36. The molecule has 4 rings (SSSR count). The van der Waals surface area contributed by atoms with Crippen LogP contribution in [0.2, 0.25) is 0 Å². The lowest BCUT2D eigenvalue weighted by molar-refractivity contribution is -0.235. The fourth-order valence-electron chi connectivity index (χ4n) is 4.27. The maximum absolute atomic E-state index is 14.9. The van der Waals surface area contributed by atoms with Crippen LogP contribution in [0, 0.1) is 11.2 Å². The molecule has 0 aromatic heterocycles. The number of hydrogen-bond donors (Lipinski definition) is 1. The molecule has 1 spiro atoms. The molecule has 2 N–H and O–H groups in total. The first-order chi connectivity index (χ1) is 12.9. The molecule has 8 heteroatoms. The van der Waals surface area contributed by atoms with Gasteiger partial charge in [0.15, 0.2) is 5.79 Å². The summed E-state index contributed by atoms with van der Waals surface area (Å²) in [5.74, 6) is -0.951. The molecule has 1 aromatic carbocycles. The number of hydrogen-bond acceptors (Lipinski definition) is 6. The van der Waals surface area contributed by atoms with Crippen LogP contribution in [-0.4, -0.2) is 57.4 Å². The van der Waals surface area contributed by atoms with Gasteiger partial charge in [0.1, 0.15) is 11.9 Å². The summed E-state index contributed by atoms with van der Waals surface area (Å²) in [5, 5.41) is 0. The van der Waals surface area contributed by atoms with Crippen LogP contribution in [0.25, 0.3) is 0 Å². The van der Waals surface area contributed by atoms with Crippen LogP contribution in [0.4, 0.5) is 20.6 Å². The summed E-state index contributed by atoms with van der Waals surface area (Å²) in [7, 11) is 0. The zero-order chi connectivity index (χ0) is 19.2. The Hall–Kier alpha value is -1.90. The first kappa shape index (κ1) is 18.5. The van der Waals surface area contributed by atoms with Gasteiger partial charge in [0, 0.05) is 31.5 Å². The Labute approximate surface area is 158 Å². The number of ether oxygens (including phenoxy) is 3. The summed E-state index contributed by atoms with van der Waals surface area (Å²) >= 11 is 0. The number of benzene rings is 1. The Balaban J connectivity index is 1.53. The zero-order valence-corrected chi connectivity index (χ0v) is 15.7.